The maximum Gasteiger partial charge on any atom is 0.0736 e. The molecular weight excluding hydrogens is 176 g/mol. The molecule has 1 aliphatic heterocycles. The van der Waals surface area contributed by atoms with Crippen LogP contribution in [-0.4, -0.2) is 36.6 Å². The first-order valence-electron chi connectivity index (χ1n) is 4.87. The van der Waals surface area contributed by atoms with E-state index in [1.54, 1.807) is 12.4 Å². The summed E-state index contributed by atoms with van der Waals surface area (Å²) in [6.45, 7) is 3.36. The average Bonchev–Trinajstić information content (AvgIpc) is 2.13. The Hall–Kier alpha value is -1.29. The van der Waals surface area contributed by atoms with E-state index >= 15 is 0 Å². The van der Waals surface area contributed by atoms with Crippen molar-refractivity contribution in [2.75, 3.05) is 37.7 Å². The monoisotopic (exact) mass is 192 g/mol. The zero-order valence-electron chi connectivity index (χ0n) is 8.40. The zero-order chi connectivity index (χ0) is 9.97. The molecule has 0 bridgehead atoms. The van der Waals surface area contributed by atoms with E-state index in [2.05, 4.69) is 22.2 Å². The standard InChI is InChI=1S/C10H16N4/c1-14-6-8(7-14)4-13-10-2-3-12-5-9(10)11/h2-3,5,8H,4,6-7,11H2,1H3,(H,12,13). The van der Waals surface area contributed by atoms with Crippen molar-refractivity contribution in [2.24, 2.45) is 5.92 Å². The quantitative estimate of drug-likeness (QED) is 0.738. The van der Waals surface area contributed by atoms with Gasteiger partial charge in [-0.1, -0.05) is 0 Å². The SMILES string of the molecule is CN1CC(CNc2ccncc2N)C1. The smallest absolute Gasteiger partial charge is 0.0736 e. The Labute approximate surface area is 84.1 Å². The highest BCUT2D eigenvalue weighted by molar-refractivity contribution is 5.64. The molecule has 3 N–H and O–H groups in total. The van der Waals surface area contributed by atoms with Crippen molar-refractivity contribution < 1.29 is 0 Å². The third-order valence-electron chi connectivity index (χ3n) is 2.57. The molecule has 1 aromatic rings. The fraction of sp³-hybridized carbons (Fsp3) is 0.500. The molecule has 1 aliphatic rings. The lowest BCUT2D eigenvalue weighted by Gasteiger charge is -2.36. The molecule has 0 saturated carbocycles. The molecule has 0 unspecified atom stereocenters. The zero-order valence-corrected chi connectivity index (χ0v) is 8.40. The molecule has 2 heterocycles. The lowest BCUT2D eigenvalue weighted by Crippen LogP contribution is -2.46. The number of anilines is 2. The molecule has 2 rings (SSSR count). The van der Waals surface area contributed by atoms with Crippen LogP contribution in [0.5, 0.6) is 0 Å². The highest BCUT2D eigenvalue weighted by atomic mass is 15.2. The predicted octanol–water partition coefficient (Wildman–Crippen LogP) is 0.637. The van der Waals surface area contributed by atoms with Crippen LogP contribution in [0.15, 0.2) is 18.5 Å². The fourth-order valence-electron chi connectivity index (χ4n) is 1.78. The van der Waals surface area contributed by atoms with Crippen molar-refractivity contribution in [3.63, 3.8) is 0 Å². The number of nitrogens with two attached hydrogens (primary N) is 1. The largest absolute Gasteiger partial charge is 0.396 e. The molecule has 14 heavy (non-hydrogen) atoms. The van der Waals surface area contributed by atoms with Gasteiger partial charge >= 0.3 is 0 Å². The highest BCUT2D eigenvalue weighted by Gasteiger charge is 2.22. The maximum absolute atomic E-state index is 5.76. The van der Waals surface area contributed by atoms with E-state index in [-0.39, 0.29) is 0 Å². The summed E-state index contributed by atoms with van der Waals surface area (Å²) in [7, 11) is 2.14. The second kappa shape index (κ2) is 3.84. The van der Waals surface area contributed by atoms with Gasteiger partial charge in [0.25, 0.3) is 0 Å². The van der Waals surface area contributed by atoms with Gasteiger partial charge in [0.15, 0.2) is 0 Å². The van der Waals surface area contributed by atoms with Gasteiger partial charge < -0.3 is 16.0 Å². The van der Waals surface area contributed by atoms with Gasteiger partial charge in [0.2, 0.25) is 0 Å². The van der Waals surface area contributed by atoms with Gasteiger partial charge in [-0.15, -0.1) is 0 Å². The van der Waals surface area contributed by atoms with Crippen molar-refractivity contribution in [3.05, 3.63) is 18.5 Å². The molecule has 4 heteroatoms. The third kappa shape index (κ3) is 1.96. The van der Waals surface area contributed by atoms with Crippen molar-refractivity contribution >= 4 is 11.4 Å². The topological polar surface area (TPSA) is 54.2 Å². The third-order valence-corrected chi connectivity index (χ3v) is 2.57. The summed E-state index contributed by atoms with van der Waals surface area (Å²) < 4.78 is 0. The first-order chi connectivity index (χ1) is 6.75. The van der Waals surface area contributed by atoms with Crippen molar-refractivity contribution in [1.29, 1.82) is 0 Å². The van der Waals surface area contributed by atoms with Gasteiger partial charge in [-0.05, 0) is 13.1 Å². The Balaban J connectivity index is 1.83. The molecule has 0 radical (unpaired) electrons. The van der Waals surface area contributed by atoms with Gasteiger partial charge in [0.05, 0.1) is 17.6 Å². The van der Waals surface area contributed by atoms with Crippen LogP contribution in [0.25, 0.3) is 0 Å². The van der Waals surface area contributed by atoms with Crippen LogP contribution < -0.4 is 11.1 Å². The Morgan fingerprint density at radius 2 is 2.43 bits per heavy atom. The number of rotatable bonds is 3. The second-order valence-electron chi connectivity index (χ2n) is 3.93. The Morgan fingerprint density at radius 3 is 3.07 bits per heavy atom. The van der Waals surface area contributed by atoms with Crippen LogP contribution >= 0.6 is 0 Å². The summed E-state index contributed by atoms with van der Waals surface area (Å²) in [5.74, 6) is 0.757. The van der Waals surface area contributed by atoms with E-state index in [0.29, 0.717) is 0 Å². The van der Waals surface area contributed by atoms with Gasteiger partial charge in [-0.3, -0.25) is 4.98 Å². The summed E-state index contributed by atoms with van der Waals surface area (Å²) >= 11 is 0. The van der Waals surface area contributed by atoms with E-state index in [9.17, 15) is 0 Å². The number of nitrogen functional groups attached to an aromatic ring is 1. The lowest BCUT2D eigenvalue weighted by atomic mass is 10.0. The Kier molecular flexibility index (Phi) is 2.54. The van der Waals surface area contributed by atoms with Gasteiger partial charge in [0.1, 0.15) is 0 Å². The maximum atomic E-state index is 5.76. The summed E-state index contributed by atoms with van der Waals surface area (Å²) in [6, 6.07) is 1.91. The van der Waals surface area contributed by atoms with Crippen LogP contribution in [0.4, 0.5) is 11.4 Å². The number of nitrogens with zero attached hydrogens (tertiary/aromatic N) is 2. The van der Waals surface area contributed by atoms with Gasteiger partial charge in [0, 0.05) is 31.7 Å². The number of pyridine rings is 1. The van der Waals surface area contributed by atoms with Gasteiger partial charge in [-0.25, -0.2) is 0 Å². The van der Waals surface area contributed by atoms with Crippen molar-refractivity contribution in [1.82, 2.24) is 9.88 Å². The van der Waals surface area contributed by atoms with E-state index in [1.807, 2.05) is 6.07 Å². The minimum Gasteiger partial charge on any atom is -0.396 e. The van der Waals surface area contributed by atoms with Crippen LogP contribution in [-0.2, 0) is 0 Å². The lowest BCUT2D eigenvalue weighted by molar-refractivity contribution is 0.144. The first kappa shape index (κ1) is 9.27. The summed E-state index contributed by atoms with van der Waals surface area (Å²) in [5.41, 5.74) is 7.48. The molecule has 0 aromatic carbocycles. The van der Waals surface area contributed by atoms with Crippen LogP contribution in [0, 0.1) is 5.92 Å². The number of likely N-dealkylation sites (tertiary alicyclic amines) is 1. The van der Waals surface area contributed by atoms with E-state index < -0.39 is 0 Å². The molecule has 0 atom stereocenters. The molecule has 1 aromatic heterocycles. The summed E-state index contributed by atoms with van der Waals surface area (Å²) in [5, 5.41) is 3.34. The first-order valence-corrected chi connectivity index (χ1v) is 4.87. The number of nitrogens with one attached hydrogen (secondary N) is 1. The molecule has 4 nitrogen and oxygen atoms in total. The molecule has 1 saturated heterocycles. The number of aromatic nitrogens is 1. The molecule has 76 valence electrons. The van der Waals surface area contributed by atoms with Crippen molar-refractivity contribution in [2.45, 2.75) is 0 Å². The molecular formula is C10H16N4. The normalized spacial score (nSPS) is 17.8. The summed E-state index contributed by atoms with van der Waals surface area (Å²) in [6.07, 6.45) is 3.43. The predicted molar refractivity (Wildman–Crippen MR) is 58.1 cm³/mol. The minimum atomic E-state index is 0.722. The fourth-order valence-corrected chi connectivity index (χ4v) is 1.78. The highest BCUT2D eigenvalue weighted by Crippen LogP contribution is 2.18. The molecule has 0 spiro atoms. The molecule has 1 fully saturated rings. The van der Waals surface area contributed by atoms with Crippen LogP contribution in [0.2, 0.25) is 0 Å². The molecule has 0 aliphatic carbocycles. The molecule has 0 amide bonds. The van der Waals surface area contributed by atoms with E-state index in [4.69, 9.17) is 5.73 Å². The number of hydrogen-bond acceptors (Lipinski definition) is 4. The van der Waals surface area contributed by atoms with Crippen LogP contribution in [0.1, 0.15) is 0 Å². The second-order valence-corrected chi connectivity index (χ2v) is 3.93. The van der Waals surface area contributed by atoms with E-state index in [0.717, 1.165) is 23.8 Å². The van der Waals surface area contributed by atoms with Crippen LogP contribution in [0.3, 0.4) is 0 Å². The van der Waals surface area contributed by atoms with Gasteiger partial charge in [-0.2, -0.15) is 0 Å². The average molecular weight is 192 g/mol. The Morgan fingerprint density at radius 1 is 1.64 bits per heavy atom. The van der Waals surface area contributed by atoms with Crippen molar-refractivity contribution in [3.8, 4) is 0 Å². The minimum absolute atomic E-state index is 0.722. The van der Waals surface area contributed by atoms with E-state index in [1.165, 1.54) is 13.1 Å². The number of hydrogen-bond donors (Lipinski definition) is 2. The Bertz CT molecular complexity index is 307. The summed E-state index contributed by atoms with van der Waals surface area (Å²) in [4.78, 5) is 6.25.